The summed E-state index contributed by atoms with van der Waals surface area (Å²) in [5.74, 6) is -2.70. The lowest BCUT2D eigenvalue weighted by molar-refractivity contribution is -0.123. The molecule has 2 amide bonds. The second kappa shape index (κ2) is 7.98. The normalized spacial score (nSPS) is 16.0. The summed E-state index contributed by atoms with van der Waals surface area (Å²) in [5, 5.41) is 0. The molecular weight excluding hydrogens is 390 g/mol. The van der Waals surface area contributed by atoms with Gasteiger partial charge in [-0.3, -0.25) is 19.6 Å². The van der Waals surface area contributed by atoms with Gasteiger partial charge in [0.15, 0.2) is 0 Å². The summed E-state index contributed by atoms with van der Waals surface area (Å²) in [7, 11) is 0. The van der Waals surface area contributed by atoms with Crippen molar-refractivity contribution in [3.05, 3.63) is 95.1 Å². The van der Waals surface area contributed by atoms with Gasteiger partial charge in [-0.2, -0.15) is 0 Å². The van der Waals surface area contributed by atoms with Gasteiger partial charge in [0.2, 0.25) is 5.91 Å². The summed E-state index contributed by atoms with van der Waals surface area (Å²) in [5.41, 5.74) is 7.02. The SMILES string of the molecule is NC(=O)[C@@H](c1cccnc1)N(C(=O)c1cccnc1)[C@@H]1CCc2c(F)cc(F)cc21. The fourth-order valence-electron chi connectivity index (χ4n) is 3.99. The lowest BCUT2D eigenvalue weighted by Crippen LogP contribution is -2.43. The molecule has 2 aromatic heterocycles. The lowest BCUT2D eigenvalue weighted by atomic mass is 9.99. The summed E-state index contributed by atoms with van der Waals surface area (Å²) >= 11 is 0. The zero-order valence-electron chi connectivity index (χ0n) is 15.8. The first-order valence-electron chi connectivity index (χ1n) is 9.37. The van der Waals surface area contributed by atoms with E-state index in [2.05, 4.69) is 9.97 Å². The number of hydrogen-bond donors (Lipinski definition) is 1. The summed E-state index contributed by atoms with van der Waals surface area (Å²) in [6.07, 6.45) is 6.50. The summed E-state index contributed by atoms with van der Waals surface area (Å²) in [6, 6.07) is 6.53. The second-order valence-electron chi connectivity index (χ2n) is 7.06. The highest BCUT2D eigenvalue weighted by Gasteiger charge is 2.40. The molecule has 0 aliphatic heterocycles. The molecular formula is C22H18F2N4O2. The van der Waals surface area contributed by atoms with Crippen LogP contribution in [-0.2, 0) is 11.2 Å². The Labute approximate surface area is 171 Å². The number of amides is 2. The fourth-order valence-corrected chi connectivity index (χ4v) is 3.99. The molecule has 0 fully saturated rings. The Morgan fingerprint density at radius 2 is 1.83 bits per heavy atom. The Kier molecular flexibility index (Phi) is 5.22. The molecule has 0 radical (unpaired) electrons. The summed E-state index contributed by atoms with van der Waals surface area (Å²) in [4.78, 5) is 35.3. The van der Waals surface area contributed by atoms with Crippen LogP contribution in [0.3, 0.4) is 0 Å². The standard InChI is InChI=1S/C22H18F2N4O2/c23-15-9-17-16(18(24)10-15)5-6-19(17)28(22(30)14-4-2-8-27-12-14)20(21(25)29)13-3-1-7-26-11-13/h1-4,7-12,19-20H,5-6H2,(H2,25,29)/t19-,20-/m1/s1. The van der Waals surface area contributed by atoms with Crippen LogP contribution in [0.2, 0.25) is 0 Å². The largest absolute Gasteiger partial charge is 0.368 e. The van der Waals surface area contributed by atoms with Crippen molar-refractivity contribution in [2.24, 2.45) is 5.73 Å². The Bertz CT molecular complexity index is 1090. The van der Waals surface area contributed by atoms with E-state index in [4.69, 9.17) is 5.73 Å². The van der Waals surface area contributed by atoms with Crippen LogP contribution in [0.5, 0.6) is 0 Å². The number of primary amides is 1. The molecule has 2 heterocycles. The predicted octanol–water partition coefficient (Wildman–Crippen LogP) is 3.11. The highest BCUT2D eigenvalue weighted by molar-refractivity contribution is 5.97. The molecule has 2 N–H and O–H groups in total. The number of carbonyl (C=O) groups is 2. The first kappa shape index (κ1) is 19.6. The van der Waals surface area contributed by atoms with Gasteiger partial charge >= 0.3 is 0 Å². The molecule has 4 rings (SSSR count). The van der Waals surface area contributed by atoms with E-state index in [9.17, 15) is 18.4 Å². The van der Waals surface area contributed by atoms with Crippen LogP contribution in [0, 0.1) is 11.6 Å². The van der Waals surface area contributed by atoms with Crippen molar-refractivity contribution in [1.29, 1.82) is 0 Å². The number of hydrogen-bond acceptors (Lipinski definition) is 4. The molecule has 3 aromatic rings. The minimum absolute atomic E-state index is 0.234. The molecule has 30 heavy (non-hydrogen) atoms. The van der Waals surface area contributed by atoms with E-state index in [1.165, 1.54) is 35.8 Å². The molecule has 1 aliphatic carbocycles. The molecule has 8 heteroatoms. The Morgan fingerprint density at radius 3 is 2.47 bits per heavy atom. The van der Waals surface area contributed by atoms with Crippen LogP contribution in [0.4, 0.5) is 8.78 Å². The van der Waals surface area contributed by atoms with Crippen LogP contribution in [0.25, 0.3) is 0 Å². The van der Waals surface area contributed by atoms with Crippen LogP contribution < -0.4 is 5.73 Å². The van der Waals surface area contributed by atoms with Gasteiger partial charge in [-0.15, -0.1) is 0 Å². The van der Waals surface area contributed by atoms with E-state index < -0.39 is 35.5 Å². The summed E-state index contributed by atoms with van der Waals surface area (Å²) < 4.78 is 28.4. The Morgan fingerprint density at radius 1 is 1.10 bits per heavy atom. The van der Waals surface area contributed by atoms with E-state index in [1.54, 1.807) is 24.3 Å². The minimum Gasteiger partial charge on any atom is -0.368 e. The average Bonchev–Trinajstić information content (AvgIpc) is 3.16. The van der Waals surface area contributed by atoms with Crippen LogP contribution >= 0.6 is 0 Å². The third-order valence-electron chi connectivity index (χ3n) is 5.25. The highest BCUT2D eigenvalue weighted by Crippen LogP contribution is 2.42. The number of aromatic nitrogens is 2. The van der Waals surface area contributed by atoms with Crippen molar-refractivity contribution in [1.82, 2.24) is 14.9 Å². The monoisotopic (exact) mass is 408 g/mol. The molecule has 1 aliphatic rings. The van der Waals surface area contributed by atoms with E-state index in [-0.39, 0.29) is 5.56 Å². The minimum atomic E-state index is -1.17. The molecule has 1 aromatic carbocycles. The highest BCUT2D eigenvalue weighted by atomic mass is 19.1. The molecule has 0 saturated heterocycles. The Hall–Kier alpha value is -3.68. The van der Waals surface area contributed by atoms with Crippen LogP contribution in [0.15, 0.2) is 61.2 Å². The quantitative estimate of drug-likeness (QED) is 0.703. The molecule has 6 nitrogen and oxygen atoms in total. The third kappa shape index (κ3) is 3.52. The lowest BCUT2D eigenvalue weighted by Gasteiger charge is -2.35. The maximum atomic E-state index is 14.3. The molecule has 2 atom stereocenters. The van der Waals surface area contributed by atoms with Crippen LogP contribution in [-0.4, -0.2) is 26.7 Å². The fraction of sp³-hybridized carbons (Fsp3) is 0.182. The number of nitrogens with zero attached hydrogens (tertiary/aromatic N) is 3. The first-order chi connectivity index (χ1) is 14.5. The van der Waals surface area contributed by atoms with Gasteiger partial charge in [0.1, 0.15) is 17.7 Å². The summed E-state index contributed by atoms with van der Waals surface area (Å²) in [6.45, 7) is 0. The van der Waals surface area contributed by atoms with Crippen molar-refractivity contribution in [2.45, 2.75) is 24.9 Å². The zero-order valence-corrected chi connectivity index (χ0v) is 15.8. The third-order valence-corrected chi connectivity index (χ3v) is 5.25. The van der Waals surface area contributed by atoms with Crippen LogP contribution in [0.1, 0.15) is 45.6 Å². The number of fused-ring (bicyclic) bond motifs is 1. The van der Waals surface area contributed by atoms with E-state index in [1.807, 2.05) is 0 Å². The zero-order chi connectivity index (χ0) is 21.3. The van der Waals surface area contributed by atoms with Crippen molar-refractivity contribution < 1.29 is 18.4 Å². The van der Waals surface area contributed by atoms with Gasteiger partial charge in [-0.05, 0) is 48.2 Å². The smallest absolute Gasteiger partial charge is 0.256 e. The molecule has 0 spiro atoms. The second-order valence-corrected chi connectivity index (χ2v) is 7.06. The maximum Gasteiger partial charge on any atom is 0.256 e. The topological polar surface area (TPSA) is 89.2 Å². The van der Waals surface area contributed by atoms with Gasteiger partial charge < -0.3 is 10.6 Å². The molecule has 0 bridgehead atoms. The van der Waals surface area contributed by atoms with Gasteiger partial charge in [0.25, 0.3) is 5.91 Å². The van der Waals surface area contributed by atoms with Crippen molar-refractivity contribution in [3.63, 3.8) is 0 Å². The number of halogens is 2. The number of carbonyl (C=O) groups excluding carboxylic acids is 2. The van der Waals surface area contributed by atoms with Gasteiger partial charge in [-0.25, -0.2) is 8.78 Å². The van der Waals surface area contributed by atoms with Crippen molar-refractivity contribution in [3.8, 4) is 0 Å². The van der Waals surface area contributed by atoms with Crippen molar-refractivity contribution >= 4 is 11.8 Å². The van der Waals surface area contributed by atoms with E-state index in [0.717, 1.165) is 6.07 Å². The number of nitrogens with two attached hydrogens (primary N) is 1. The maximum absolute atomic E-state index is 14.3. The van der Waals surface area contributed by atoms with Gasteiger partial charge in [0, 0.05) is 36.4 Å². The predicted molar refractivity (Wildman–Crippen MR) is 104 cm³/mol. The number of rotatable bonds is 5. The first-order valence-corrected chi connectivity index (χ1v) is 9.37. The average molecular weight is 408 g/mol. The van der Waals surface area contributed by atoms with Gasteiger partial charge in [-0.1, -0.05) is 6.07 Å². The van der Waals surface area contributed by atoms with E-state index >= 15 is 0 Å². The van der Waals surface area contributed by atoms with Crippen molar-refractivity contribution in [2.75, 3.05) is 0 Å². The number of pyridine rings is 2. The molecule has 0 saturated carbocycles. The molecule has 152 valence electrons. The van der Waals surface area contributed by atoms with Gasteiger partial charge in [0.05, 0.1) is 11.6 Å². The Balaban J connectivity index is 1.88. The van der Waals surface area contributed by atoms with E-state index in [0.29, 0.717) is 29.5 Å². The number of benzene rings is 1. The molecule has 0 unspecified atom stereocenters.